The Hall–Kier alpha value is -4.09. The lowest BCUT2D eigenvalue weighted by Gasteiger charge is -2.38. The molecule has 7 rings (SSSR count). The van der Waals surface area contributed by atoms with Gasteiger partial charge < -0.3 is 14.2 Å². The maximum absolute atomic E-state index is 13.2. The first-order valence-corrected chi connectivity index (χ1v) is 12.3. The van der Waals surface area contributed by atoms with Crippen molar-refractivity contribution in [3.05, 3.63) is 117 Å². The van der Waals surface area contributed by atoms with E-state index in [1.54, 1.807) is 7.11 Å². The fourth-order valence-electron chi connectivity index (χ4n) is 5.22. The van der Waals surface area contributed by atoms with Gasteiger partial charge in [0.25, 0.3) is 6.29 Å². The van der Waals surface area contributed by atoms with Gasteiger partial charge in [-0.2, -0.15) is 0 Å². The van der Waals surface area contributed by atoms with Crippen molar-refractivity contribution < 1.29 is 14.2 Å². The van der Waals surface area contributed by atoms with Crippen molar-refractivity contribution in [1.29, 1.82) is 0 Å². The fourth-order valence-corrected chi connectivity index (χ4v) is 6.10. The zero-order chi connectivity index (χ0) is 23.5. The van der Waals surface area contributed by atoms with Crippen LogP contribution in [0.1, 0.15) is 22.6 Å². The minimum absolute atomic E-state index is 0.0122. The average molecular weight is 477 g/mol. The Kier molecular flexibility index (Phi) is 4.48. The van der Waals surface area contributed by atoms with Crippen molar-refractivity contribution in [1.82, 2.24) is 0 Å². The van der Waals surface area contributed by atoms with Crippen LogP contribution in [0.3, 0.4) is 0 Å². The van der Waals surface area contributed by atoms with Crippen LogP contribution in [0.15, 0.2) is 95.3 Å². The van der Waals surface area contributed by atoms with Gasteiger partial charge >= 0.3 is 0 Å². The smallest absolute Gasteiger partial charge is 0.264 e. The molecule has 0 saturated heterocycles. The zero-order valence-corrected chi connectivity index (χ0v) is 19.7. The van der Waals surface area contributed by atoms with E-state index in [9.17, 15) is 4.79 Å². The van der Waals surface area contributed by atoms with Gasteiger partial charge in [0.15, 0.2) is 0 Å². The van der Waals surface area contributed by atoms with Crippen LogP contribution in [-0.4, -0.2) is 13.4 Å². The average Bonchev–Trinajstić information content (AvgIpc) is 2.91. The van der Waals surface area contributed by atoms with E-state index in [1.165, 1.54) is 11.3 Å². The molecule has 1 aromatic heterocycles. The monoisotopic (exact) mass is 476 g/mol. The number of ether oxygens (including phenoxy) is 3. The molecule has 0 amide bonds. The SMILES string of the molecule is COc1ccc([C@@H]2C3=Cc4c(c5ccccc5sc4=O)O[C@@H]3Oc3ccc4ccccc4c32)cc1. The summed E-state index contributed by atoms with van der Waals surface area (Å²) in [6, 6.07) is 28.4. The molecule has 0 bridgehead atoms. The second-order valence-electron chi connectivity index (χ2n) is 8.75. The highest BCUT2D eigenvalue weighted by Crippen LogP contribution is 2.50. The summed E-state index contributed by atoms with van der Waals surface area (Å²) in [7, 11) is 1.66. The van der Waals surface area contributed by atoms with Crippen molar-refractivity contribution in [3.63, 3.8) is 0 Å². The summed E-state index contributed by atoms with van der Waals surface area (Å²) in [6.45, 7) is 0. The van der Waals surface area contributed by atoms with Crippen molar-refractivity contribution >= 4 is 38.3 Å². The number of methoxy groups -OCH3 is 1. The van der Waals surface area contributed by atoms with Crippen molar-refractivity contribution in [2.24, 2.45) is 0 Å². The molecule has 0 N–H and O–H groups in total. The van der Waals surface area contributed by atoms with E-state index >= 15 is 0 Å². The van der Waals surface area contributed by atoms with E-state index in [1.807, 2.05) is 60.7 Å². The third-order valence-corrected chi connectivity index (χ3v) is 7.82. The van der Waals surface area contributed by atoms with E-state index in [-0.39, 0.29) is 10.7 Å². The first-order chi connectivity index (χ1) is 17.2. The molecule has 4 aromatic carbocycles. The molecule has 0 radical (unpaired) electrons. The Bertz CT molecular complexity index is 1720. The van der Waals surface area contributed by atoms with Gasteiger partial charge in [-0.1, -0.05) is 65.9 Å². The topological polar surface area (TPSA) is 44.8 Å². The van der Waals surface area contributed by atoms with Crippen molar-refractivity contribution in [2.75, 3.05) is 7.11 Å². The second kappa shape index (κ2) is 7.72. The number of hydrogen-bond donors (Lipinski definition) is 0. The summed E-state index contributed by atoms with van der Waals surface area (Å²) in [4.78, 5) is 13.2. The molecule has 4 nitrogen and oxygen atoms in total. The van der Waals surface area contributed by atoms with Gasteiger partial charge in [0.2, 0.25) is 4.74 Å². The van der Waals surface area contributed by atoms with Crippen LogP contribution in [0.4, 0.5) is 0 Å². The highest BCUT2D eigenvalue weighted by molar-refractivity contribution is 7.16. The van der Waals surface area contributed by atoms with Crippen LogP contribution in [0.2, 0.25) is 0 Å². The molecule has 5 heteroatoms. The van der Waals surface area contributed by atoms with Gasteiger partial charge in [-0.3, -0.25) is 4.79 Å². The molecule has 0 spiro atoms. The summed E-state index contributed by atoms with van der Waals surface area (Å²) in [5.74, 6) is 2.05. The normalized spacial score (nSPS) is 18.0. The largest absolute Gasteiger partial charge is 0.497 e. The van der Waals surface area contributed by atoms with E-state index in [0.29, 0.717) is 11.3 Å². The molecule has 0 saturated carbocycles. The Morgan fingerprint density at radius 1 is 0.829 bits per heavy atom. The lowest BCUT2D eigenvalue weighted by molar-refractivity contribution is 0.0248. The predicted molar refractivity (Wildman–Crippen MR) is 140 cm³/mol. The molecule has 0 fully saturated rings. The minimum atomic E-state index is -0.626. The van der Waals surface area contributed by atoms with Gasteiger partial charge in [-0.05, 0) is 52.7 Å². The summed E-state index contributed by atoms with van der Waals surface area (Å²) in [5.41, 5.74) is 3.68. The lowest BCUT2D eigenvalue weighted by atomic mass is 9.79. The molecule has 5 aromatic rings. The van der Waals surface area contributed by atoms with Crippen LogP contribution in [0, 0.1) is 0 Å². The standard InChI is InChI=1S/C30H20O4S/c1-32-19-13-10-18(11-14-19)26-22-16-23-28(21-8-4-5-9-25(21)35-29(23)31)34-30(22)33-24-15-12-17-6-2-3-7-20(17)27(24)26/h2-16,26,30H,1H3/t26-,30+/m1/s1. The maximum atomic E-state index is 13.2. The Morgan fingerprint density at radius 2 is 1.60 bits per heavy atom. The predicted octanol–water partition coefficient (Wildman–Crippen LogP) is 6.75. The summed E-state index contributed by atoms with van der Waals surface area (Å²) in [5, 5.41) is 3.19. The molecule has 170 valence electrons. The highest BCUT2D eigenvalue weighted by atomic mass is 32.1. The molecule has 2 atom stereocenters. The molecule has 0 unspecified atom stereocenters. The van der Waals surface area contributed by atoms with Gasteiger partial charge in [0.05, 0.1) is 12.7 Å². The van der Waals surface area contributed by atoms with Gasteiger partial charge in [0, 0.05) is 27.1 Å². The highest BCUT2D eigenvalue weighted by Gasteiger charge is 2.40. The third-order valence-electron chi connectivity index (χ3n) is 6.84. The maximum Gasteiger partial charge on any atom is 0.264 e. The number of rotatable bonds is 2. The zero-order valence-electron chi connectivity index (χ0n) is 18.9. The van der Waals surface area contributed by atoms with Crippen LogP contribution in [-0.2, 0) is 0 Å². The molecule has 35 heavy (non-hydrogen) atoms. The van der Waals surface area contributed by atoms with Crippen LogP contribution in [0.5, 0.6) is 17.2 Å². The van der Waals surface area contributed by atoms with Crippen LogP contribution >= 0.6 is 11.3 Å². The van der Waals surface area contributed by atoms with Crippen molar-refractivity contribution in [3.8, 4) is 17.2 Å². The fraction of sp³-hybridized carbons (Fsp3) is 0.100. The second-order valence-corrected chi connectivity index (χ2v) is 9.76. The number of benzene rings is 4. The third kappa shape index (κ3) is 3.08. The minimum Gasteiger partial charge on any atom is -0.497 e. The first kappa shape index (κ1) is 20.3. The molecule has 2 aliphatic heterocycles. The first-order valence-electron chi connectivity index (χ1n) is 11.5. The van der Waals surface area contributed by atoms with Gasteiger partial charge in [-0.15, -0.1) is 0 Å². The Labute approximate surface area is 205 Å². The summed E-state index contributed by atoms with van der Waals surface area (Å²) >= 11 is 1.25. The van der Waals surface area contributed by atoms with Crippen LogP contribution < -0.4 is 19.0 Å². The molecular formula is C30H20O4S. The Balaban J connectivity index is 1.52. The summed E-state index contributed by atoms with van der Waals surface area (Å²) < 4.78 is 19.3. The van der Waals surface area contributed by atoms with E-state index in [0.717, 1.165) is 49.1 Å². The molecule has 3 heterocycles. The van der Waals surface area contributed by atoms with Gasteiger partial charge in [0.1, 0.15) is 17.2 Å². The molecule has 2 aliphatic rings. The van der Waals surface area contributed by atoms with Gasteiger partial charge in [-0.25, -0.2) is 0 Å². The molecular weight excluding hydrogens is 456 g/mol. The number of hydrogen-bond acceptors (Lipinski definition) is 5. The van der Waals surface area contributed by atoms with Crippen LogP contribution in [0.25, 0.3) is 26.9 Å². The van der Waals surface area contributed by atoms with E-state index in [4.69, 9.17) is 14.2 Å². The summed E-state index contributed by atoms with van der Waals surface area (Å²) in [6.07, 6.45) is 1.37. The Morgan fingerprint density at radius 3 is 2.43 bits per heavy atom. The quantitative estimate of drug-likeness (QED) is 0.283. The van der Waals surface area contributed by atoms with E-state index in [2.05, 4.69) is 30.3 Å². The lowest BCUT2D eigenvalue weighted by Crippen LogP contribution is -2.36. The van der Waals surface area contributed by atoms with E-state index < -0.39 is 6.29 Å². The van der Waals surface area contributed by atoms with Crippen molar-refractivity contribution in [2.45, 2.75) is 12.2 Å². The molecule has 0 aliphatic carbocycles. The number of fused-ring (bicyclic) bond motifs is 7.